The number of rotatable bonds is 5. The van der Waals surface area contributed by atoms with E-state index in [2.05, 4.69) is 4.98 Å². The number of benzene rings is 2. The molecule has 0 radical (unpaired) electrons. The van der Waals surface area contributed by atoms with Crippen LogP contribution in [0.15, 0.2) is 47.4 Å². The van der Waals surface area contributed by atoms with Crippen LogP contribution in [0.3, 0.4) is 0 Å². The molecule has 1 aromatic heterocycles. The summed E-state index contributed by atoms with van der Waals surface area (Å²) in [6.45, 7) is 1.85. The van der Waals surface area contributed by atoms with Crippen LogP contribution >= 0.6 is 0 Å². The van der Waals surface area contributed by atoms with Crippen molar-refractivity contribution in [3.05, 3.63) is 86.5 Å². The van der Waals surface area contributed by atoms with Crippen LogP contribution in [0.25, 0.3) is 11.3 Å². The van der Waals surface area contributed by atoms with Gasteiger partial charge in [0.05, 0.1) is 18.4 Å². The van der Waals surface area contributed by atoms with Crippen LogP contribution in [-0.2, 0) is 6.42 Å². The van der Waals surface area contributed by atoms with Crippen molar-refractivity contribution in [1.82, 2.24) is 4.98 Å². The zero-order valence-corrected chi connectivity index (χ0v) is 15.9. The fraction of sp³-hybridized carbons (Fsp3) is 0.136. The number of ether oxygens (including phenoxy) is 1. The Balaban J connectivity index is 2.04. The number of primary amides is 1. The van der Waals surface area contributed by atoms with E-state index in [0.717, 1.165) is 17.2 Å². The summed E-state index contributed by atoms with van der Waals surface area (Å²) < 4.78 is 19.3. The van der Waals surface area contributed by atoms with Crippen molar-refractivity contribution < 1.29 is 13.9 Å². The number of aromatic amines is 1. The first-order valence-corrected chi connectivity index (χ1v) is 8.73. The minimum atomic E-state index is -0.772. The van der Waals surface area contributed by atoms with Gasteiger partial charge in [-0.25, -0.2) is 4.39 Å². The van der Waals surface area contributed by atoms with E-state index >= 15 is 0 Å². The van der Waals surface area contributed by atoms with Crippen molar-refractivity contribution in [2.24, 2.45) is 5.73 Å². The maximum absolute atomic E-state index is 14.0. The fourth-order valence-electron chi connectivity index (χ4n) is 3.34. The lowest BCUT2D eigenvalue weighted by Crippen LogP contribution is -2.14. The Labute approximate surface area is 166 Å². The molecule has 29 heavy (non-hydrogen) atoms. The molecule has 3 N–H and O–H groups in total. The highest BCUT2D eigenvalue weighted by molar-refractivity contribution is 5.96. The predicted molar refractivity (Wildman–Crippen MR) is 106 cm³/mol. The van der Waals surface area contributed by atoms with Crippen LogP contribution in [0, 0.1) is 24.1 Å². The van der Waals surface area contributed by atoms with E-state index in [4.69, 9.17) is 10.5 Å². The highest BCUT2D eigenvalue weighted by atomic mass is 19.1. The molecule has 0 atom stereocenters. The second-order valence-corrected chi connectivity index (χ2v) is 6.54. The number of methoxy groups -OCH3 is 1. The van der Waals surface area contributed by atoms with E-state index in [1.807, 2.05) is 25.1 Å². The van der Waals surface area contributed by atoms with E-state index in [1.54, 1.807) is 6.07 Å². The standard InChI is InChI=1S/C22H18FN3O3/c1-12-7-13(3-4-16(12)20-18(11-24)19(27)5-6-26-20)8-14-9-15(23)10-17(22(25)28)21(14)29-2/h3-7,9-10H,8H2,1-2H3,(H2,25,28)(H,26,27). The first-order valence-electron chi connectivity index (χ1n) is 8.73. The highest BCUT2D eigenvalue weighted by Crippen LogP contribution is 2.29. The Kier molecular flexibility index (Phi) is 5.46. The summed E-state index contributed by atoms with van der Waals surface area (Å²) in [7, 11) is 1.40. The molecule has 1 amide bonds. The topological polar surface area (TPSA) is 109 Å². The van der Waals surface area contributed by atoms with E-state index in [-0.39, 0.29) is 22.3 Å². The second kappa shape index (κ2) is 7.98. The van der Waals surface area contributed by atoms with E-state index in [9.17, 15) is 19.2 Å². The Morgan fingerprint density at radius 3 is 2.66 bits per heavy atom. The minimum absolute atomic E-state index is 0.0173. The minimum Gasteiger partial charge on any atom is -0.496 e. The molecular weight excluding hydrogens is 373 g/mol. The molecule has 3 rings (SSSR count). The van der Waals surface area contributed by atoms with Gasteiger partial charge < -0.3 is 15.5 Å². The lowest BCUT2D eigenvalue weighted by atomic mass is 9.95. The first kappa shape index (κ1) is 19.8. The number of amides is 1. The van der Waals surface area contributed by atoms with Crippen molar-refractivity contribution >= 4 is 5.91 Å². The van der Waals surface area contributed by atoms with Gasteiger partial charge in [-0.2, -0.15) is 5.26 Å². The lowest BCUT2D eigenvalue weighted by Gasteiger charge is -2.14. The number of nitrogens with zero attached hydrogens (tertiary/aromatic N) is 1. The summed E-state index contributed by atoms with van der Waals surface area (Å²) in [5, 5.41) is 9.30. The fourth-order valence-corrected chi connectivity index (χ4v) is 3.34. The number of aryl methyl sites for hydroxylation is 1. The monoisotopic (exact) mass is 391 g/mol. The predicted octanol–water partition coefficient (Wildman–Crippen LogP) is 3.06. The molecular formula is C22H18FN3O3. The molecule has 146 valence electrons. The van der Waals surface area contributed by atoms with Crippen molar-refractivity contribution in [3.8, 4) is 23.1 Å². The SMILES string of the molecule is COc1c(Cc2ccc(-c3[nH]ccc(=O)c3C#N)c(C)c2)cc(F)cc1C(N)=O. The first-order chi connectivity index (χ1) is 13.8. The van der Waals surface area contributed by atoms with E-state index in [0.29, 0.717) is 23.2 Å². The number of carbonyl (C=O) groups excluding carboxylic acids is 1. The highest BCUT2D eigenvalue weighted by Gasteiger charge is 2.17. The number of hydrogen-bond donors (Lipinski definition) is 2. The molecule has 3 aromatic rings. The summed E-state index contributed by atoms with van der Waals surface area (Å²) >= 11 is 0. The summed E-state index contributed by atoms with van der Waals surface area (Å²) in [5.41, 5.74) is 8.31. The smallest absolute Gasteiger partial charge is 0.252 e. The Morgan fingerprint density at radius 1 is 1.28 bits per heavy atom. The number of carbonyl (C=O) groups is 1. The number of nitrogens with two attached hydrogens (primary N) is 1. The van der Waals surface area contributed by atoms with Gasteiger partial charge in [-0.1, -0.05) is 18.2 Å². The van der Waals surface area contributed by atoms with Gasteiger partial charge in [-0.3, -0.25) is 9.59 Å². The molecule has 0 fully saturated rings. The molecule has 0 aliphatic heterocycles. The molecule has 7 heteroatoms. The third-order valence-corrected chi connectivity index (χ3v) is 4.63. The average molecular weight is 391 g/mol. The molecule has 0 aliphatic carbocycles. The third-order valence-electron chi connectivity index (χ3n) is 4.63. The molecule has 2 aromatic carbocycles. The number of halogens is 1. The van der Waals surface area contributed by atoms with Crippen LogP contribution in [0.1, 0.15) is 32.6 Å². The van der Waals surface area contributed by atoms with Gasteiger partial charge in [-0.05, 0) is 30.2 Å². The maximum atomic E-state index is 14.0. The maximum Gasteiger partial charge on any atom is 0.252 e. The molecule has 0 saturated carbocycles. The second-order valence-electron chi connectivity index (χ2n) is 6.54. The van der Waals surface area contributed by atoms with Crippen molar-refractivity contribution in [3.63, 3.8) is 0 Å². The molecule has 0 spiro atoms. The molecule has 1 heterocycles. The number of aromatic nitrogens is 1. The Bertz CT molecular complexity index is 1210. The van der Waals surface area contributed by atoms with Gasteiger partial charge >= 0.3 is 0 Å². The van der Waals surface area contributed by atoms with Gasteiger partial charge in [0, 0.05) is 29.8 Å². The number of hydrogen-bond acceptors (Lipinski definition) is 4. The summed E-state index contributed by atoms with van der Waals surface area (Å²) in [6.07, 6.45) is 1.80. The van der Waals surface area contributed by atoms with Gasteiger partial charge in [0.2, 0.25) is 0 Å². The van der Waals surface area contributed by atoms with E-state index < -0.39 is 11.7 Å². The summed E-state index contributed by atoms with van der Waals surface area (Å²) in [6, 6.07) is 11.1. The Hall–Kier alpha value is -3.92. The number of pyridine rings is 1. The molecule has 0 unspecified atom stereocenters. The van der Waals surface area contributed by atoms with Gasteiger partial charge in [-0.15, -0.1) is 0 Å². The van der Waals surface area contributed by atoms with Crippen LogP contribution in [-0.4, -0.2) is 18.0 Å². The van der Waals surface area contributed by atoms with Crippen LogP contribution in [0.4, 0.5) is 4.39 Å². The summed E-state index contributed by atoms with van der Waals surface area (Å²) in [5.74, 6) is -1.12. The van der Waals surface area contributed by atoms with E-state index in [1.165, 1.54) is 25.4 Å². The zero-order valence-electron chi connectivity index (χ0n) is 15.9. The van der Waals surface area contributed by atoms with Gasteiger partial charge in [0.15, 0.2) is 5.43 Å². The number of nitriles is 1. The van der Waals surface area contributed by atoms with Crippen LogP contribution in [0.2, 0.25) is 0 Å². The molecule has 0 aliphatic rings. The van der Waals surface area contributed by atoms with Gasteiger partial charge in [0.25, 0.3) is 5.91 Å². The molecule has 0 saturated heterocycles. The largest absolute Gasteiger partial charge is 0.496 e. The summed E-state index contributed by atoms with van der Waals surface area (Å²) in [4.78, 5) is 26.5. The van der Waals surface area contributed by atoms with Crippen molar-refractivity contribution in [1.29, 1.82) is 5.26 Å². The Morgan fingerprint density at radius 2 is 2.03 bits per heavy atom. The third kappa shape index (κ3) is 3.87. The van der Waals surface area contributed by atoms with Crippen LogP contribution in [0.5, 0.6) is 5.75 Å². The number of nitrogens with one attached hydrogen (secondary N) is 1. The normalized spacial score (nSPS) is 10.4. The van der Waals surface area contributed by atoms with Gasteiger partial charge in [0.1, 0.15) is 23.2 Å². The molecule has 6 nitrogen and oxygen atoms in total. The molecule has 0 bridgehead atoms. The number of H-pyrrole nitrogens is 1. The van der Waals surface area contributed by atoms with Crippen LogP contribution < -0.4 is 15.9 Å². The lowest BCUT2D eigenvalue weighted by molar-refractivity contribution is 0.0996. The van der Waals surface area contributed by atoms with Crippen molar-refractivity contribution in [2.75, 3.05) is 7.11 Å². The van der Waals surface area contributed by atoms with Crippen molar-refractivity contribution in [2.45, 2.75) is 13.3 Å². The average Bonchev–Trinajstić information content (AvgIpc) is 2.67. The zero-order chi connectivity index (χ0) is 21.1. The quantitative estimate of drug-likeness (QED) is 0.697.